The Labute approximate surface area is 248 Å². The largest absolute Gasteiger partial charge is 0.392 e. The van der Waals surface area contributed by atoms with E-state index in [9.17, 15) is 31.9 Å². The van der Waals surface area contributed by atoms with Crippen molar-refractivity contribution in [3.63, 3.8) is 0 Å². The molecule has 1 fully saturated rings. The minimum Gasteiger partial charge on any atom is -0.392 e. The summed E-state index contributed by atoms with van der Waals surface area (Å²) in [5, 5.41) is 11.6. The lowest BCUT2D eigenvalue weighted by molar-refractivity contribution is -0.268. The minimum absolute atomic E-state index is 0.0488. The Kier molecular flexibility index (Phi) is 9.46. The van der Waals surface area contributed by atoms with Crippen molar-refractivity contribution in [2.24, 2.45) is 5.92 Å². The van der Waals surface area contributed by atoms with Crippen LogP contribution in [0, 0.1) is 35.0 Å². The van der Waals surface area contributed by atoms with E-state index in [2.05, 4.69) is 5.32 Å². The van der Waals surface area contributed by atoms with Gasteiger partial charge in [-0.1, -0.05) is 61.5 Å². The van der Waals surface area contributed by atoms with E-state index in [1.807, 2.05) is 61.5 Å². The van der Waals surface area contributed by atoms with Crippen LogP contribution in [-0.2, 0) is 16.1 Å². The highest BCUT2D eigenvalue weighted by Gasteiger charge is 2.38. The van der Waals surface area contributed by atoms with E-state index in [1.54, 1.807) is 23.9 Å². The molecule has 224 valence electrons. The van der Waals surface area contributed by atoms with Crippen LogP contribution in [0.4, 0.5) is 27.6 Å². The average Bonchev–Trinajstić information content (AvgIpc) is 3.03. The summed E-state index contributed by atoms with van der Waals surface area (Å²) in [5.74, 6) is -12.1. The zero-order chi connectivity index (χ0) is 30.7. The van der Waals surface area contributed by atoms with Gasteiger partial charge in [-0.15, -0.1) is 11.8 Å². The van der Waals surface area contributed by atoms with Crippen LogP contribution in [0.1, 0.15) is 46.4 Å². The van der Waals surface area contributed by atoms with Gasteiger partial charge in [0.15, 0.2) is 29.6 Å². The summed E-state index contributed by atoms with van der Waals surface area (Å²) in [6.07, 6.45) is -1.42. The molecule has 0 saturated carbocycles. The van der Waals surface area contributed by atoms with Crippen LogP contribution >= 0.6 is 11.8 Å². The van der Waals surface area contributed by atoms with Crippen molar-refractivity contribution in [3.8, 4) is 0 Å². The molecule has 2 N–H and O–H groups in total. The van der Waals surface area contributed by atoms with Crippen LogP contribution < -0.4 is 5.32 Å². The van der Waals surface area contributed by atoms with Crippen molar-refractivity contribution in [1.29, 1.82) is 0 Å². The molecule has 0 aliphatic carbocycles. The maximum absolute atomic E-state index is 14.1. The lowest BCUT2D eigenvalue weighted by atomic mass is 9.91. The first-order valence-corrected chi connectivity index (χ1v) is 14.3. The lowest BCUT2D eigenvalue weighted by Crippen LogP contribution is -2.38. The van der Waals surface area contributed by atoms with E-state index in [4.69, 9.17) is 9.47 Å². The number of hydrogen-bond donors (Lipinski definition) is 2. The summed E-state index contributed by atoms with van der Waals surface area (Å²) in [5.41, 5.74) is 0.711. The van der Waals surface area contributed by atoms with Crippen LogP contribution in [0.25, 0.3) is 0 Å². The summed E-state index contributed by atoms with van der Waals surface area (Å²) in [4.78, 5) is 13.5. The number of aliphatic hydroxyl groups is 1. The first-order chi connectivity index (χ1) is 20.7. The van der Waals surface area contributed by atoms with Gasteiger partial charge >= 0.3 is 0 Å². The van der Waals surface area contributed by atoms with Gasteiger partial charge in [-0.25, -0.2) is 22.0 Å². The molecular weight excluding hydrogens is 589 g/mol. The zero-order valence-corrected chi connectivity index (χ0v) is 23.5. The zero-order valence-electron chi connectivity index (χ0n) is 22.7. The highest BCUT2D eigenvalue weighted by Crippen LogP contribution is 2.43. The highest BCUT2D eigenvalue weighted by molar-refractivity contribution is 7.99. The van der Waals surface area contributed by atoms with Gasteiger partial charge in [0.1, 0.15) is 5.56 Å². The number of aliphatic hydroxyl groups excluding tert-OH is 1. The second-order valence-electron chi connectivity index (χ2n) is 9.97. The van der Waals surface area contributed by atoms with Gasteiger partial charge in [-0.05, 0) is 35.4 Å². The Hall–Kier alpha value is -3.77. The Morgan fingerprint density at radius 2 is 1.37 bits per heavy atom. The SMILES string of the molecule is C[C@@H]1[C@H](CSc2ccccc2)O[C@H](c2ccc(NC(=O)c3c(F)c(F)c(F)c(F)c3F)cc2)O[C@@H]1c1ccc(CO)cc1. The summed E-state index contributed by atoms with van der Waals surface area (Å²) in [6.45, 7) is 1.95. The second kappa shape index (κ2) is 13.3. The molecule has 5 nitrogen and oxygen atoms in total. The van der Waals surface area contributed by atoms with Crippen LogP contribution in [-0.4, -0.2) is 22.9 Å². The molecule has 1 saturated heterocycles. The van der Waals surface area contributed by atoms with Crippen LogP contribution in [0.2, 0.25) is 0 Å². The van der Waals surface area contributed by atoms with Gasteiger partial charge in [0.25, 0.3) is 5.91 Å². The number of hydrogen-bond acceptors (Lipinski definition) is 5. The Morgan fingerprint density at radius 3 is 1.98 bits per heavy atom. The third-order valence-corrected chi connectivity index (χ3v) is 8.26. The van der Waals surface area contributed by atoms with Crippen LogP contribution in [0.5, 0.6) is 0 Å². The van der Waals surface area contributed by atoms with E-state index in [-0.39, 0.29) is 30.4 Å². The molecule has 1 heterocycles. The number of benzene rings is 4. The van der Waals surface area contributed by atoms with Crippen LogP contribution in [0.3, 0.4) is 0 Å². The average molecular weight is 616 g/mol. The van der Waals surface area contributed by atoms with Crippen molar-refractivity contribution in [2.75, 3.05) is 11.1 Å². The van der Waals surface area contributed by atoms with E-state index in [1.165, 1.54) is 12.1 Å². The molecule has 1 aliphatic heterocycles. The number of rotatable bonds is 8. The van der Waals surface area contributed by atoms with E-state index >= 15 is 0 Å². The van der Waals surface area contributed by atoms with Gasteiger partial charge in [-0.3, -0.25) is 4.79 Å². The van der Waals surface area contributed by atoms with Gasteiger partial charge in [0.2, 0.25) is 5.82 Å². The number of nitrogens with one attached hydrogen (secondary N) is 1. The fourth-order valence-electron chi connectivity index (χ4n) is 4.73. The van der Waals surface area contributed by atoms with E-state index in [0.29, 0.717) is 11.3 Å². The third kappa shape index (κ3) is 6.59. The summed E-state index contributed by atoms with van der Waals surface area (Å²) < 4.78 is 81.5. The minimum atomic E-state index is -2.35. The molecule has 0 aromatic heterocycles. The molecule has 0 bridgehead atoms. The monoisotopic (exact) mass is 615 g/mol. The molecule has 0 radical (unpaired) electrons. The fourth-order valence-corrected chi connectivity index (χ4v) is 5.81. The number of halogens is 5. The van der Waals surface area contributed by atoms with Crippen LogP contribution in [0.15, 0.2) is 83.8 Å². The molecule has 4 aromatic carbocycles. The van der Waals surface area contributed by atoms with Gasteiger partial charge < -0.3 is 19.9 Å². The first kappa shape index (κ1) is 30.7. The molecular formula is C32H26F5NO4S. The van der Waals surface area contributed by atoms with E-state index in [0.717, 1.165) is 16.0 Å². The standard InChI is InChI=1S/C32H26F5NO4S/c1-17-23(16-43-22-5-3-2-4-6-22)41-32(42-30(17)19-9-7-18(15-39)8-10-19)20-11-13-21(14-12-20)38-31(40)24-25(33)27(35)29(37)28(36)26(24)34/h2-14,17,23,30,32,39H,15-16H2,1H3,(H,38,40)/t17-,23+,30+,32+/m1/s1. The van der Waals surface area contributed by atoms with Crippen molar-refractivity contribution in [1.82, 2.24) is 0 Å². The van der Waals surface area contributed by atoms with Crippen molar-refractivity contribution >= 4 is 23.4 Å². The summed E-state index contributed by atoms with van der Waals surface area (Å²) >= 11 is 1.64. The number of carbonyl (C=O) groups excluding carboxylic acids is 1. The molecule has 0 unspecified atom stereocenters. The molecule has 0 spiro atoms. The molecule has 5 rings (SSSR count). The van der Waals surface area contributed by atoms with Gasteiger partial charge in [-0.2, -0.15) is 0 Å². The van der Waals surface area contributed by atoms with Gasteiger partial charge in [0, 0.05) is 27.8 Å². The highest BCUT2D eigenvalue weighted by atomic mass is 32.2. The van der Waals surface area contributed by atoms with Gasteiger partial charge in [0.05, 0.1) is 18.8 Å². The van der Waals surface area contributed by atoms with Crippen molar-refractivity contribution in [3.05, 3.63) is 130 Å². The molecule has 43 heavy (non-hydrogen) atoms. The smallest absolute Gasteiger partial charge is 0.261 e. The fraction of sp³-hybridized carbons (Fsp3) is 0.219. The van der Waals surface area contributed by atoms with Crippen molar-refractivity contribution in [2.45, 2.75) is 36.9 Å². The summed E-state index contributed by atoms with van der Waals surface area (Å²) in [7, 11) is 0. The quantitative estimate of drug-likeness (QED) is 0.0920. The first-order valence-electron chi connectivity index (χ1n) is 13.3. The number of amides is 1. The molecule has 4 aromatic rings. The van der Waals surface area contributed by atoms with Crippen molar-refractivity contribution < 1.29 is 41.3 Å². The Bertz CT molecular complexity index is 1560. The second-order valence-corrected chi connectivity index (χ2v) is 11.1. The molecule has 4 atom stereocenters. The molecule has 11 heteroatoms. The molecule has 1 aliphatic rings. The Balaban J connectivity index is 1.36. The topological polar surface area (TPSA) is 67.8 Å². The predicted octanol–water partition coefficient (Wildman–Crippen LogP) is 7.71. The number of ether oxygens (including phenoxy) is 2. The Morgan fingerprint density at radius 1 is 0.791 bits per heavy atom. The van der Waals surface area contributed by atoms with E-state index < -0.39 is 46.8 Å². The predicted molar refractivity (Wildman–Crippen MR) is 151 cm³/mol. The maximum Gasteiger partial charge on any atom is 0.261 e. The normalized spacial score (nSPS) is 20.2. The number of carbonyl (C=O) groups is 1. The third-order valence-electron chi connectivity index (χ3n) is 7.16. The number of anilines is 1. The maximum atomic E-state index is 14.1. The molecule has 1 amide bonds. The number of thioether (sulfide) groups is 1. The summed E-state index contributed by atoms with van der Waals surface area (Å²) in [6, 6.07) is 23.3. The lowest BCUT2D eigenvalue weighted by Gasteiger charge is -2.41.